The van der Waals surface area contributed by atoms with Crippen molar-refractivity contribution in [1.82, 2.24) is 14.8 Å². The number of anilines is 1. The third kappa shape index (κ3) is 3.47. The number of carbonyl (C=O) groups is 1. The Labute approximate surface area is 158 Å². The lowest BCUT2D eigenvalue weighted by Gasteiger charge is -2.28. The Morgan fingerprint density at radius 2 is 2.00 bits per heavy atom. The molecular formula is C19H24N4O4. The van der Waals surface area contributed by atoms with E-state index >= 15 is 0 Å². The van der Waals surface area contributed by atoms with E-state index in [9.17, 15) is 4.79 Å². The van der Waals surface area contributed by atoms with Crippen molar-refractivity contribution in [2.24, 2.45) is 0 Å². The number of fused-ring (bicyclic) bond motifs is 1. The highest BCUT2D eigenvalue weighted by Crippen LogP contribution is 2.39. The largest absolute Gasteiger partial charge is 0.493 e. The molecule has 0 saturated carbocycles. The number of ether oxygens (including phenoxy) is 3. The van der Waals surface area contributed by atoms with Crippen LogP contribution in [0.25, 0.3) is 0 Å². The van der Waals surface area contributed by atoms with E-state index in [1.165, 1.54) is 0 Å². The molecule has 1 aromatic heterocycles. The van der Waals surface area contributed by atoms with Gasteiger partial charge in [0.15, 0.2) is 11.5 Å². The zero-order chi connectivity index (χ0) is 19.6. The Balaban J connectivity index is 2.15. The third-order valence-electron chi connectivity index (χ3n) is 4.26. The first-order chi connectivity index (χ1) is 13.0. The normalized spacial score (nSPS) is 15.8. The number of benzene rings is 1. The molecule has 1 aliphatic rings. The number of nitrogens with one attached hydrogen (secondary N) is 1. The molecule has 8 heteroatoms. The Morgan fingerprint density at radius 1 is 1.22 bits per heavy atom. The standard InChI is InChI=1S/C19H24N4O4/c1-6-26-14-9-8-13(10-15(14)25-5)17-16(18(24)27-7-2)11(3)20-19-21-12(4)22-23(17)19/h8-10,17H,6-7H2,1-5H3,(H,20,21,22). The molecule has 0 saturated heterocycles. The molecule has 0 bridgehead atoms. The minimum atomic E-state index is -0.480. The smallest absolute Gasteiger partial charge is 0.338 e. The van der Waals surface area contributed by atoms with Crippen LogP contribution in [-0.4, -0.2) is 41.1 Å². The van der Waals surface area contributed by atoms with Gasteiger partial charge >= 0.3 is 5.97 Å². The molecule has 0 aliphatic carbocycles. The topological polar surface area (TPSA) is 87.5 Å². The highest BCUT2D eigenvalue weighted by atomic mass is 16.5. The summed E-state index contributed by atoms with van der Waals surface area (Å²) in [5.74, 6) is 2.03. The zero-order valence-electron chi connectivity index (χ0n) is 16.2. The van der Waals surface area contributed by atoms with Gasteiger partial charge in [-0.2, -0.15) is 10.1 Å². The minimum Gasteiger partial charge on any atom is -0.493 e. The molecular weight excluding hydrogens is 348 g/mol. The van der Waals surface area contributed by atoms with Crippen molar-refractivity contribution in [2.75, 3.05) is 25.6 Å². The van der Waals surface area contributed by atoms with Crippen molar-refractivity contribution < 1.29 is 19.0 Å². The SMILES string of the molecule is CCOC(=O)C1=C(C)Nc2nc(C)nn2C1c1ccc(OCC)c(OC)c1. The van der Waals surface area contributed by atoms with Gasteiger partial charge in [-0.25, -0.2) is 9.48 Å². The van der Waals surface area contributed by atoms with Crippen LogP contribution in [0, 0.1) is 6.92 Å². The molecule has 8 nitrogen and oxygen atoms in total. The fraction of sp³-hybridized carbons (Fsp3) is 0.421. The maximum Gasteiger partial charge on any atom is 0.338 e. The fourth-order valence-corrected chi connectivity index (χ4v) is 3.17. The molecule has 144 valence electrons. The average molecular weight is 372 g/mol. The van der Waals surface area contributed by atoms with E-state index in [-0.39, 0.29) is 12.6 Å². The van der Waals surface area contributed by atoms with E-state index < -0.39 is 6.04 Å². The number of carbonyl (C=O) groups excluding carboxylic acids is 1. The maximum absolute atomic E-state index is 12.7. The molecule has 1 atom stereocenters. The van der Waals surface area contributed by atoms with Crippen molar-refractivity contribution in [3.63, 3.8) is 0 Å². The lowest BCUT2D eigenvalue weighted by atomic mass is 9.95. The molecule has 1 aromatic carbocycles. The molecule has 2 aromatic rings. The van der Waals surface area contributed by atoms with E-state index in [1.54, 1.807) is 18.7 Å². The van der Waals surface area contributed by atoms with Gasteiger partial charge < -0.3 is 19.5 Å². The lowest BCUT2D eigenvalue weighted by Crippen LogP contribution is -2.29. The van der Waals surface area contributed by atoms with Crippen molar-refractivity contribution in [2.45, 2.75) is 33.7 Å². The summed E-state index contributed by atoms with van der Waals surface area (Å²) in [7, 11) is 1.59. The van der Waals surface area contributed by atoms with Gasteiger partial charge in [-0.05, 0) is 45.4 Å². The fourth-order valence-electron chi connectivity index (χ4n) is 3.17. The highest BCUT2D eigenvalue weighted by molar-refractivity contribution is 5.92. The van der Waals surface area contributed by atoms with Crippen molar-refractivity contribution in [3.8, 4) is 11.5 Å². The molecule has 1 N–H and O–H groups in total. The number of hydrogen-bond donors (Lipinski definition) is 1. The molecule has 1 unspecified atom stereocenters. The summed E-state index contributed by atoms with van der Waals surface area (Å²) in [4.78, 5) is 17.1. The summed E-state index contributed by atoms with van der Waals surface area (Å²) in [5, 5.41) is 7.62. The molecule has 3 rings (SSSR count). The maximum atomic E-state index is 12.7. The first-order valence-corrected chi connectivity index (χ1v) is 8.88. The summed E-state index contributed by atoms with van der Waals surface area (Å²) in [6, 6.07) is 5.11. The summed E-state index contributed by atoms with van der Waals surface area (Å²) in [5.41, 5.74) is 2.00. The van der Waals surface area contributed by atoms with Gasteiger partial charge in [0.2, 0.25) is 5.95 Å². The Kier molecular flexibility index (Phi) is 5.34. The monoisotopic (exact) mass is 372 g/mol. The van der Waals surface area contributed by atoms with Gasteiger partial charge in [-0.3, -0.25) is 0 Å². The van der Waals surface area contributed by atoms with E-state index in [0.717, 1.165) is 5.56 Å². The molecule has 2 heterocycles. The highest BCUT2D eigenvalue weighted by Gasteiger charge is 2.35. The quantitative estimate of drug-likeness (QED) is 0.780. The van der Waals surface area contributed by atoms with E-state index in [1.807, 2.05) is 39.0 Å². The lowest BCUT2D eigenvalue weighted by molar-refractivity contribution is -0.139. The molecule has 0 radical (unpaired) electrons. The predicted molar refractivity (Wildman–Crippen MR) is 100 cm³/mol. The van der Waals surface area contributed by atoms with Gasteiger partial charge in [0.25, 0.3) is 0 Å². The number of aryl methyl sites for hydroxylation is 1. The van der Waals surface area contributed by atoms with Crippen LogP contribution in [0.3, 0.4) is 0 Å². The molecule has 27 heavy (non-hydrogen) atoms. The summed E-state index contributed by atoms with van der Waals surface area (Å²) in [6.45, 7) is 8.15. The number of allylic oxidation sites excluding steroid dienone is 1. The van der Waals surface area contributed by atoms with E-state index in [4.69, 9.17) is 14.2 Å². The first-order valence-electron chi connectivity index (χ1n) is 8.88. The van der Waals surface area contributed by atoms with Gasteiger partial charge in [-0.15, -0.1) is 0 Å². The summed E-state index contributed by atoms with van der Waals surface area (Å²) in [6.07, 6.45) is 0. The predicted octanol–water partition coefficient (Wildman–Crippen LogP) is 2.85. The van der Waals surface area contributed by atoms with Gasteiger partial charge in [0.05, 0.1) is 25.9 Å². The minimum absolute atomic E-state index is 0.290. The van der Waals surface area contributed by atoms with Gasteiger partial charge in [0.1, 0.15) is 11.9 Å². The van der Waals surface area contributed by atoms with E-state index in [2.05, 4.69) is 15.4 Å². The van der Waals surface area contributed by atoms with Crippen molar-refractivity contribution in [3.05, 3.63) is 40.9 Å². The van der Waals surface area contributed by atoms with Crippen LogP contribution in [0.4, 0.5) is 5.95 Å². The number of hydrogen-bond acceptors (Lipinski definition) is 7. The zero-order valence-corrected chi connectivity index (χ0v) is 16.2. The summed E-state index contributed by atoms with van der Waals surface area (Å²) < 4.78 is 18.1. The van der Waals surface area contributed by atoms with E-state index in [0.29, 0.717) is 41.1 Å². The molecule has 0 fully saturated rings. The Bertz CT molecular complexity index is 888. The van der Waals surface area contributed by atoms with Crippen LogP contribution in [0.1, 0.15) is 38.2 Å². The second kappa shape index (κ2) is 7.69. The summed E-state index contributed by atoms with van der Waals surface area (Å²) >= 11 is 0. The van der Waals surface area contributed by atoms with Crippen LogP contribution in [0.15, 0.2) is 29.5 Å². The number of rotatable bonds is 6. The number of methoxy groups -OCH3 is 1. The van der Waals surface area contributed by atoms with Crippen LogP contribution in [0.5, 0.6) is 11.5 Å². The van der Waals surface area contributed by atoms with Gasteiger partial charge in [-0.1, -0.05) is 6.07 Å². The number of esters is 1. The number of nitrogens with zero attached hydrogens (tertiary/aromatic N) is 3. The van der Waals surface area contributed by atoms with Crippen molar-refractivity contribution in [1.29, 1.82) is 0 Å². The van der Waals surface area contributed by atoms with Gasteiger partial charge in [0, 0.05) is 5.70 Å². The first kappa shape index (κ1) is 18.8. The molecule has 1 aliphatic heterocycles. The van der Waals surface area contributed by atoms with Crippen LogP contribution in [0.2, 0.25) is 0 Å². The second-order valence-corrected chi connectivity index (χ2v) is 6.06. The Hall–Kier alpha value is -3.03. The molecule has 0 amide bonds. The molecule has 0 spiro atoms. The average Bonchev–Trinajstić information content (AvgIpc) is 3.01. The van der Waals surface area contributed by atoms with Crippen LogP contribution < -0.4 is 14.8 Å². The number of aromatic nitrogens is 3. The second-order valence-electron chi connectivity index (χ2n) is 6.06. The van der Waals surface area contributed by atoms with Crippen molar-refractivity contribution >= 4 is 11.9 Å². The van der Waals surface area contributed by atoms with Crippen LogP contribution >= 0.6 is 0 Å². The third-order valence-corrected chi connectivity index (χ3v) is 4.26. The van der Waals surface area contributed by atoms with Crippen LogP contribution in [-0.2, 0) is 9.53 Å². The Morgan fingerprint density at radius 3 is 2.67 bits per heavy atom.